The number of hydrogen-bond donors (Lipinski definition) is 1. The molecule has 1 unspecified atom stereocenters. The van der Waals surface area contributed by atoms with Crippen LogP contribution in [-0.4, -0.2) is 63.6 Å². The standard InChI is InChI=1S/C19H21N3O7S/c1-21-9-10-28-15(12-21)13-29-18-8-7-16(11-17(18)22(24)25)30(26,27)20-19(23)14-5-3-2-4-6-14/h2-8,11,15H,9-10,12-13H2,1H3,(H,20,23). The van der Waals surface area contributed by atoms with Crippen molar-refractivity contribution in [2.75, 3.05) is 33.4 Å². The molecule has 10 nitrogen and oxygen atoms in total. The molecule has 1 fully saturated rings. The topological polar surface area (TPSA) is 128 Å². The molecule has 11 heteroatoms. The molecule has 1 aliphatic heterocycles. The average molecular weight is 435 g/mol. The van der Waals surface area contributed by atoms with Gasteiger partial charge in [0.25, 0.3) is 15.9 Å². The first-order valence-electron chi connectivity index (χ1n) is 9.10. The predicted molar refractivity (Wildman–Crippen MR) is 107 cm³/mol. The van der Waals surface area contributed by atoms with E-state index in [1.165, 1.54) is 18.2 Å². The van der Waals surface area contributed by atoms with Crippen LogP contribution in [0.25, 0.3) is 0 Å². The van der Waals surface area contributed by atoms with Crippen molar-refractivity contribution in [3.05, 3.63) is 64.2 Å². The normalized spacial score (nSPS) is 17.3. The van der Waals surface area contributed by atoms with Crippen LogP contribution in [0.4, 0.5) is 5.69 Å². The van der Waals surface area contributed by atoms with Crippen LogP contribution in [0.5, 0.6) is 5.75 Å². The molecule has 1 heterocycles. The van der Waals surface area contributed by atoms with E-state index in [0.717, 1.165) is 18.7 Å². The Balaban J connectivity index is 1.76. The van der Waals surface area contributed by atoms with Crippen LogP contribution >= 0.6 is 0 Å². The van der Waals surface area contributed by atoms with Crippen molar-refractivity contribution in [1.29, 1.82) is 0 Å². The molecule has 0 spiro atoms. The van der Waals surface area contributed by atoms with E-state index in [9.17, 15) is 23.3 Å². The van der Waals surface area contributed by atoms with Crippen molar-refractivity contribution < 1.29 is 27.6 Å². The van der Waals surface area contributed by atoms with Gasteiger partial charge in [0, 0.05) is 24.7 Å². The molecular weight excluding hydrogens is 414 g/mol. The zero-order chi connectivity index (χ0) is 21.7. The van der Waals surface area contributed by atoms with E-state index in [4.69, 9.17) is 9.47 Å². The average Bonchev–Trinajstić information content (AvgIpc) is 2.72. The molecule has 1 atom stereocenters. The fourth-order valence-corrected chi connectivity index (χ4v) is 3.90. The third kappa shape index (κ3) is 5.32. The summed E-state index contributed by atoms with van der Waals surface area (Å²) in [7, 11) is -2.38. The Kier molecular flexibility index (Phi) is 6.65. The monoisotopic (exact) mass is 435 g/mol. The maximum atomic E-state index is 12.5. The highest BCUT2D eigenvalue weighted by molar-refractivity contribution is 7.90. The fourth-order valence-electron chi connectivity index (χ4n) is 2.91. The van der Waals surface area contributed by atoms with Gasteiger partial charge in [-0.25, -0.2) is 13.1 Å². The molecule has 30 heavy (non-hydrogen) atoms. The Bertz CT molecular complexity index is 1030. The number of carbonyl (C=O) groups is 1. The summed E-state index contributed by atoms with van der Waals surface area (Å²) in [6, 6.07) is 11.0. The van der Waals surface area contributed by atoms with Gasteiger partial charge in [-0.1, -0.05) is 18.2 Å². The van der Waals surface area contributed by atoms with Gasteiger partial charge in [-0.15, -0.1) is 0 Å². The first kappa shape index (κ1) is 21.7. The third-order valence-corrected chi connectivity index (χ3v) is 5.80. The molecule has 1 saturated heterocycles. The van der Waals surface area contributed by atoms with Crippen LogP contribution < -0.4 is 9.46 Å². The molecular formula is C19H21N3O7S. The summed E-state index contributed by atoms with van der Waals surface area (Å²) in [5.74, 6) is -0.915. The third-order valence-electron chi connectivity index (χ3n) is 4.47. The number of nitro groups is 1. The van der Waals surface area contributed by atoms with Crippen molar-refractivity contribution in [2.24, 2.45) is 0 Å². The van der Waals surface area contributed by atoms with Gasteiger partial charge >= 0.3 is 5.69 Å². The molecule has 0 aromatic heterocycles. The van der Waals surface area contributed by atoms with Crippen LogP contribution in [0.2, 0.25) is 0 Å². The van der Waals surface area contributed by atoms with Gasteiger partial charge < -0.3 is 14.4 Å². The number of carbonyl (C=O) groups excluding carboxylic acids is 1. The SMILES string of the molecule is CN1CCOC(COc2ccc(S(=O)(=O)NC(=O)c3ccccc3)cc2[N+](=O)[O-])C1. The first-order valence-corrected chi connectivity index (χ1v) is 10.6. The predicted octanol–water partition coefficient (Wildman–Crippen LogP) is 1.42. The Morgan fingerprint density at radius 3 is 2.70 bits per heavy atom. The molecule has 0 bridgehead atoms. The van der Waals surface area contributed by atoms with Crippen molar-refractivity contribution in [1.82, 2.24) is 9.62 Å². The number of amides is 1. The molecule has 1 N–H and O–H groups in total. The van der Waals surface area contributed by atoms with Gasteiger partial charge in [0.1, 0.15) is 12.7 Å². The smallest absolute Gasteiger partial charge is 0.312 e. The molecule has 1 aliphatic rings. The van der Waals surface area contributed by atoms with E-state index in [0.29, 0.717) is 13.2 Å². The summed E-state index contributed by atoms with van der Waals surface area (Å²) in [4.78, 5) is 24.5. The molecule has 2 aromatic rings. The van der Waals surface area contributed by atoms with Crippen molar-refractivity contribution >= 4 is 21.6 Å². The number of benzene rings is 2. The number of nitrogens with zero attached hydrogens (tertiary/aromatic N) is 2. The van der Waals surface area contributed by atoms with E-state index in [-0.39, 0.29) is 24.0 Å². The zero-order valence-electron chi connectivity index (χ0n) is 16.2. The second-order valence-electron chi connectivity index (χ2n) is 6.75. The lowest BCUT2D eigenvalue weighted by molar-refractivity contribution is -0.386. The van der Waals surface area contributed by atoms with Gasteiger partial charge in [-0.2, -0.15) is 0 Å². The number of sulfonamides is 1. The lowest BCUT2D eigenvalue weighted by Gasteiger charge is -2.29. The quantitative estimate of drug-likeness (QED) is 0.511. The highest BCUT2D eigenvalue weighted by Crippen LogP contribution is 2.30. The Morgan fingerprint density at radius 2 is 2.03 bits per heavy atom. The fraction of sp³-hybridized carbons (Fsp3) is 0.316. The molecule has 0 aliphatic carbocycles. The van der Waals surface area contributed by atoms with Crippen molar-refractivity contribution in [2.45, 2.75) is 11.0 Å². The number of rotatable bonds is 7. The Labute approximate surface area is 173 Å². The molecule has 0 radical (unpaired) electrons. The van der Waals surface area contributed by atoms with Crippen LogP contribution in [0.3, 0.4) is 0 Å². The van der Waals surface area contributed by atoms with Gasteiger partial charge in [0.15, 0.2) is 5.75 Å². The van der Waals surface area contributed by atoms with Crippen LogP contribution in [-0.2, 0) is 14.8 Å². The molecule has 0 saturated carbocycles. The maximum absolute atomic E-state index is 12.5. The van der Waals surface area contributed by atoms with E-state index < -0.39 is 31.4 Å². The lowest BCUT2D eigenvalue weighted by atomic mass is 10.2. The number of hydrogen-bond acceptors (Lipinski definition) is 8. The summed E-state index contributed by atoms with van der Waals surface area (Å²) in [6.07, 6.45) is -0.253. The van der Waals surface area contributed by atoms with Crippen LogP contribution in [0.1, 0.15) is 10.4 Å². The summed E-state index contributed by atoms with van der Waals surface area (Å²) in [5, 5.41) is 11.5. The van der Waals surface area contributed by atoms with E-state index in [1.54, 1.807) is 18.2 Å². The number of nitro benzene ring substituents is 1. The van der Waals surface area contributed by atoms with Crippen LogP contribution in [0.15, 0.2) is 53.4 Å². The van der Waals surface area contributed by atoms with Crippen molar-refractivity contribution in [3.8, 4) is 5.75 Å². The molecule has 2 aromatic carbocycles. The molecule has 1 amide bonds. The van der Waals surface area contributed by atoms with Gasteiger partial charge in [-0.05, 0) is 31.3 Å². The minimum Gasteiger partial charge on any atom is -0.484 e. The highest BCUT2D eigenvalue weighted by atomic mass is 32.2. The number of nitrogens with one attached hydrogen (secondary N) is 1. The lowest BCUT2D eigenvalue weighted by Crippen LogP contribution is -2.42. The molecule has 3 rings (SSSR count). The number of ether oxygens (including phenoxy) is 2. The molecule has 160 valence electrons. The van der Waals surface area contributed by atoms with Gasteiger partial charge in [-0.3, -0.25) is 14.9 Å². The highest BCUT2D eigenvalue weighted by Gasteiger charge is 2.26. The summed E-state index contributed by atoms with van der Waals surface area (Å²) < 4.78 is 38.0. The summed E-state index contributed by atoms with van der Waals surface area (Å²) in [5.41, 5.74) is -0.373. The summed E-state index contributed by atoms with van der Waals surface area (Å²) >= 11 is 0. The summed E-state index contributed by atoms with van der Waals surface area (Å²) in [6.45, 7) is 2.02. The minimum absolute atomic E-state index is 0.0786. The zero-order valence-corrected chi connectivity index (χ0v) is 17.0. The minimum atomic E-state index is -4.31. The first-order chi connectivity index (χ1) is 14.3. The van der Waals surface area contributed by atoms with Gasteiger partial charge in [0.2, 0.25) is 0 Å². The Hall–Kier alpha value is -3.02. The largest absolute Gasteiger partial charge is 0.484 e. The van der Waals surface area contributed by atoms with Crippen molar-refractivity contribution in [3.63, 3.8) is 0 Å². The Morgan fingerprint density at radius 1 is 1.30 bits per heavy atom. The number of likely N-dealkylation sites (N-methyl/N-ethyl adjacent to an activating group) is 1. The van der Waals surface area contributed by atoms with E-state index in [1.807, 2.05) is 11.8 Å². The van der Waals surface area contributed by atoms with E-state index in [2.05, 4.69) is 4.90 Å². The number of morpholine rings is 1. The van der Waals surface area contributed by atoms with Crippen LogP contribution in [0, 0.1) is 10.1 Å². The van der Waals surface area contributed by atoms with E-state index >= 15 is 0 Å². The second-order valence-corrected chi connectivity index (χ2v) is 8.44. The maximum Gasteiger partial charge on any atom is 0.312 e. The second kappa shape index (κ2) is 9.20. The van der Waals surface area contributed by atoms with Gasteiger partial charge in [0.05, 0.1) is 16.4 Å².